The summed E-state index contributed by atoms with van der Waals surface area (Å²) in [4.78, 5) is 9.95. The van der Waals surface area contributed by atoms with Gasteiger partial charge in [-0.15, -0.1) is 24.0 Å². The largest absolute Gasteiger partial charge is 0.444 e. The Hall–Kier alpha value is -1.82. The van der Waals surface area contributed by atoms with Crippen molar-refractivity contribution in [3.63, 3.8) is 0 Å². The summed E-state index contributed by atoms with van der Waals surface area (Å²) in [5, 5.41) is 6.28. The lowest BCUT2D eigenvalue weighted by Gasteiger charge is -2.19. The smallest absolute Gasteiger partial charge is 0.401 e. The van der Waals surface area contributed by atoms with Gasteiger partial charge in [0.1, 0.15) is 6.26 Å². The van der Waals surface area contributed by atoms with Crippen molar-refractivity contribution >= 4 is 29.9 Å². The fourth-order valence-corrected chi connectivity index (χ4v) is 3.01. The van der Waals surface area contributed by atoms with Gasteiger partial charge in [0.2, 0.25) is 5.89 Å². The van der Waals surface area contributed by atoms with Crippen LogP contribution in [0.2, 0.25) is 0 Å². The zero-order valence-electron chi connectivity index (χ0n) is 15.4. The Morgan fingerprint density at radius 2 is 2.07 bits per heavy atom. The molecule has 0 amide bonds. The van der Waals surface area contributed by atoms with Crippen molar-refractivity contribution in [2.75, 3.05) is 26.7 Å². The SMILES string of the molecule is CN=C(NCc1coc(-c2ccccc2)n1)NC1CCN(CC(F)(F)F)C1.I. The molecule has 6 nitrogen and oxygen atoms in total. The van der Waals surface area contributed by atoms with E-state index < -0.39 is 12.7 Å². The number of nitrogens with zero attached hydrogens (tertiary/aromatic N) is 3. The predicted octanol–water partition coefficient (Wildman–Crippen LogP) is 3.26. The monoisotopic (exact) mass is 509 g/mol. The molecule has 2 N–H and O–H groups in total. The number of hydrogen-bond acceptors (Lipinski definition) is 4. The van der Waals surface area contributed by atoms with Crippen LogP contribution in [-0.4, -0.2) is 54.7 Å². The van der Waals surface area contributed by atoms with Crippen LogP contribution in [0.25, 0.3) is 11.5 Å². The number of oxazole rings is 1. The first kappa shape index (κ1) is 22.5. The second-order valence-electron chi connectivity index (χ2n) is 6.42. The van der Waals surface area contributed by atoms with Crippen molar-refractivity contribution in [1.82, 2.24) is 20.5 Å². The maximum Gasteiger partial charge on any atom is 0.401 e. The molecular weight excluding hydrogens is 486 g/mol. The van der Waals surface area contributed by atoms with Crippen LogP contribution in [0.5, 0.6) is 0 Å². The Morgan fingerprint density at radius 1 is 1.32 bits per heavy atom. The summed E-state index contributed by atoms with van der Waals surface area (Å²) < 4.78 is 42.9. The number of benzene rings is 1. The van der Waals surface area contributed by atoms with Gasteiger partial charge in [0.25, 0.3) is 0 Å². The summed E-state index contributed by atoms with van der Waals surface area (Å²) in [6.45, 7) is 0.271. The number of hydrogen-bond donors (Lipinski definition) is 2. The number of nitrogens with one attached hydrogen (secondary N) is 2. The average Bonchev–Trinajstić information content (AvgIpc) is 3.27. The standard InChI is InChI=1S/C18H22F3N5O.HI/c1-22-17(25-14-7-8-26(10-14)12-18(19,20)21)23-9-15-11-27-16(24-15)13-5-3-2-4-6-13;/h2-6,11,14H,7-10,12H2,1H3,(H2,22,23,25);1H. The third-order valence-electron chi connectivity index (χ3n) is 4.25. The fourth-order valence-electron chi connectivity index (χ4n) is 3.01. The van der Waals surface area contributed by atoms with Gasteiger partial charge in [0.15, 0.2) is 5.96 Å². The van der Waals surface area contributed by atoms with Gasteiger partial charge < -0.3 is 15.1 Å². The van der Waals surface area contributed by atoms with Gasteiger partial charge in [-0.3, -0.25) is 9.89 Å². The molecule has 1 aromatic carbocycles. The highest BCUT2D eigenvalue weighted by atomic mass is 127. The third kappa shape index (κ3) is 6.66. The molecule has 2 aromatic rings. The van der Waals surface area contributed by atoms with E-state index in [1.54, 1.807) is 13.3 Å². The third-order valence-corrected chi connectivity index (χ3v) is 4.25. The molecule has 0 bridgehead atoms. The Kier molecular flexibility index (Phi) is 8.10. The fraction of sp³-hybridized carbons (Fsp3) is 0.444. The maximum atomic E-state index is 12.5. The zero-order valence-corrected chi connectivity index (χ0v) is 17.7. The van der Waals surface area contributed by atoms with Crippen molar-refractivity contribution in [3.8, 4) is 11.5 Å². The highest BCUT2D eigenvalue weighted by Gasteiger charge is 2.34. The molecule has 0 radical (unpaired) electrons. The van der Waals surface area contributed by atoms with Crippen LogP contribution in [0, 0.1) is 0 Å². The number of aromatic nitrogens is 1. The van der Waals surface area contributed by atoms with Gasteiger partial charge in [-0.1, -0.05) is 18.2 Å². The van der Waals surface area contributed by atoms with Crippen molar-refractivity contribution in [3.05, 3.63) is 42.3 Å². The van der Waals surface area contributed by atoms with Crippen molar-refractivity contribution in [2.45, 2.75) is 25.2 Å². The topological polar surface area (TPSA) is 65.7 Å². The Balaban J connectivity index is 0.00000280. The van der Waals surface area contributed by atoms with E-state index in [4.69, 9.17) is 4.42 Å². The van der Waals surface area contributed by atoms with Crippen molar-refractivity contribution in [1.29, 1.82) is 0 Å². The van der Waals surface area contributed by atoms with Crippen LogP contribution >= 0.6 is 24.0 Å². The van der Waals surface area contributed by atoms with E-state index >= 15 is 0 Å². The predicted molar refractivity (Wildman–Crippen MR) is 112 cm³/mol. The van der Waals surface area contributed by atoms with E-state index in [1.807, 2.05) is 30.3 Å². The first-order chi connectivity index (χ1) is 12.9. The van der Waals surface area contributed by atoms with Gasteiger partial charge in [-0.05, 0) is 18.6 Å². The van der Waals surface area contributed by atoms with Crippen LogP contribution in [0.3, 0.4) is 0 Å². The maximum absolute atomic E-state index is 12.5. The van der Waals surface area contributed by atoms with Crippen LogP contribution in [0.4, 0.5) is 13.2 Å². The van der Waals surface area contributed by atoms with Gasteiger partial charge in [0, 0.05) is 31.7 Å². The van der Waals surface area contributed by atoms with E-state index in [1.165, 1.54) is 4.90 Å². The van der Waals surface area contributed by atoms with E-state index in [-0.39, 0.29) is 30.0 Å². The number of aliphatic imine (C=N–C) groups is 1. The second-order valence-corrected chi connectivity index (χ2v) is 6.42. The highest BCUT2D eigenvalue weighted by molar-refractivity contribution is 14.0. The number of guanidine groups is 1. The number of rotatable bonds is 5. The van der Waals surface area contributed by atoms with E-state index in [9.17, 15) is 13.2 Å². The Labute approximate surface area is 178 Å². The van der Waals surface area contributed by atoms with E-state index in [2.05, 4.69) is 20.6 Å². The molecule has 2 heterocycles. The Morgan fingerprint density at radius 3 is 2.75 bits per heavy atom. The summed E-state index contributed by atoms with van der Waals surface area (Å²) in [6.07, 6.45) is -1.96. The quantitative estimate of drug-likeness (QED) is 0.368. The van der Waals surface area contributed by atoms with Crippen molar-refractivity contribution < 1.29 is 17.6 Å². The van der Waals surface area contributed by atoms with Gasteiger partial charge in [-0.25, -0.2) is 4.98 Å². The molecule has 0 aliphatic carbocycles. The molecular formula is C18H23F3IN5O. The number of likely N-dealkylation sites (tertiary alicyclic amines) is 1. The average molecular weight is 509 g/mol. The summed E-state index contributed by atoms with van der Waals surface area (Å²) >= 11 is 0. The molecule has 0 spiro atoms. The number of halogens is 4. The lowest BCUT2D eigenvalue weighted by molar-refractivity contribution is -0.143. The summed E-state index contributed by atoms with van der Waals surface area (Å²) in [6, 6.07) is 9.49. The minimum atomic E-state index is -4.17. The second kappa shape index (κ2) is 10.1. The van der Waals surface area contributed by atoms with Crippen LogP contribution in [-0.2, 0) is 6.54 Å². The minimum Gasteiger partial charge on any atom is -0.444 e. The van der Waals surface area contributed by atoms with E-state index in [0.29, 0.717) is 43.6 Å². The molecule has 10 heteroatoms. The molecule has 1 aromatic heterocycles. The normalized spacial score (nSPS) is 18.0. The minimum absolute atomic E-state index is 0. The lowest BCUT2D eigenvalue weighted by Crippen LogP contribution is -2.44. The van der Waals surface area contributed by atoms with Crippen LogP contribution < -0.4 is 10.6 Å². The van der Waals surface area contributed by atoms with Gasteiger partial charge in [-0.2, -0.15) is 13.2 Å². The molecule has 154 valence electrons. The van der Waals surface area contributed by atoms with E-state index in [0.717, 1.165) is 5.56 Å². The summed E-state index contributed by atoms with van der Waals surface area (Å²) in [5.41, 5.74) is 1.60. The molecule has 0 saturated carbocycles. The lowest BCUT2D eigenvalue weighted by atomic mass is 10.2. The summed E-state index contributed by atoms with van der Waals surface area (Å²) in [5.74, 6) is 1.06. The molecule has 1 fully saturated rings. The van der Waals surface area contributed by atoms with Crippen LogP contribution in [0.15, 0.2) is 46.0 Å². The molecule has 3 rings (SSSR count). The van der Waals surface area contributed by atoms with Gasteiger partial charge >= 0.3 is 6.18 Å². The molecule has 1 unspecified atom stereocenters. The van der Waals surface area contributed by atoms with Gasteiger partial charge in [0.05, 0.1) is 18.8 Å². The summed E-state index contributed by atoms with van der Waals surface area (Å²) in [7, 11) is 1.62. The van der Waals surface area contributed by atoms with Crippen LogP contribution in [0.1, 0.15) is 12.1 Å². The first-order valence-corrected chi connectivity index (χ1v) is 8.69. The van der Waals surface area contributed by atoms with Crippen molar-refractivity contribution in [2.24, 2.45) is 4.99 Å². The zero-order chi connectivity index (χ0) is 19.3. The highest BCUT2D eigenvalue weighted by Crippen LogP contribution is 2.20. The number of alkyl halides is 3. The molecule has 28 heavy (non-hydrogen) atoms. The molecule has 1 aliphatic rings. The molecule has 1 saturated heterocycles. The first-order valence-electron chi connectivity index (χ1n) is 8.69. The molecule has 1 atom stereocenters. The molecule has 1 aliphatic heterocycles. The Bertz CT molecular complexity index is 766.